The molecule has 1 heterocycles. The number of aliphatic hydroxyl groups excluding tert-OH is 1. The summed E-state index contributed by atoms with van der Waals surface area (Å²) in [5.74, 6) is 0. The van der Waals surface area contributed by atoms with Crippen molar-refractivity contribution in [3.05, 3.63) is 70.7 Å². The van der Waals surface area contributed by atoms with E-state index >= 15 is 0 Å². The first kappa shape index (κ1) is 15.8. The van der Waals surface area contributed by atoms with Crippen molar-refractivity contribution in [2.45, 2.75) is 25.2 Å². The molecule has 0 aromatic heterocycles. The van der Waals surface area contributed by atoms with Gasteiger partial charge in [0.1, 0.15) is 6.61 Å². The lowest BCUT2D eigenvalue weighted by molar-refractivity contribution is 0.0715. The second kappa shape index (κ2) is 7.02. The van der Waals surface area contributed by atoms with Crippen LogP contribution in [-0.2, 0) is 11.3 Å². The number of rotatable bonds is 3. The van der Waals surface area contributed by atoms with Gasteiger partial charge in [-0.3, -0.25) is 4.90 Å². The number of aliphatic hydroxyl groups is 1. The quantitative estimate of drug-likeness (QED) is 0.931. The van der Waals surface area contributed by atoms with Crippen molar-refractivity contribution in [2.75, 3.05) is 6.54 Å². The van der Waals surface area contributed by atoms with E-state index in [2.05, 4.69) is 0 Å². The Morgan fingerprint density at radius 3 is 2.74 bits per heavy atom. The predicted octanol–water partition coefficient (Wildman–Crippen LogP) is 3.78. The van der Waals surface area contributed by atoms with E-state index in [4.69, 9.17) is 16.3 Å². The molecule has 23 heavy (non-hydrogen) atoms. The molecule has 2 aromatic carbocycles. The monoisotopic (exact) mass is 331 g/mol. The van der Waals surface area contributed by atoms with Gasteiger partial charge in [-0.05, 0) is 29.7 Å². The van der Waals surface area contributed by atoms with E-state index in [1.165, 1.54) is 0 Å². The molecule has 0 bridgehead atoms. The number of ether oxygens (including phenoxy) is 1. The minimum absolute atomic E-state index is 0.217. The molecule has 0 radical (unpaired) electrons. The number of benzene rings is 2. The first-order chi connectivity index (χ1) is 11.1. The van der Waals surface area contributed by atoms with E-state index < -0.39 is 18.2 Å². The molecular formula is C18H18ClNO3. The van der Waals surface area contributed by atoms with Crippen molar-refractivity contribution in [1.29, 1.82) is 0 Å². The highest BCUT2D eigenvalue weighted by atomic mass is 35.5. The molecular weight excluding hydrogens is 314 g/mol. The number of amides is 1. The van der Waals surface area contributed by atoms with E-state index in [0.29, 0.717) is 18.0 Å². The minimum atomic E-state index is -0.613. The number of nitrogens with zero attached hydrogens (tertiary/aromatic N) is 1. The van der Waals surface area contributed by atoms with Crippen LogP contribution in [0.25, 0.3) is 0 Å². The second-order valence-corrected chi connectivity index (χ2v) is 6.03. The summed E-state index contributed by atoms with van der Waals surface area (Å²) in [6, 6.07) is 16.3. The summed E-state index contributed by atoms with van der Waals surface area (Å²) in [6.45, 7) is 0.681. The third-order valence-electron chi connectivity index (χ3n) is 4.00. The SMILES string of the molecule is O=C(OCc1ccccc1)N1CC[C@H](O)C1c1cccc(Cl)c1. The third kappa shape index (κ3) is 3.66. The zero-order valence-corrected chi connectivity index (χ0v) is 13.3. The summed E-state index contributed by atoms with van der Waals surface area (Å²) in [5, 5.41) is 10.8. The lowest BCUT2D eigenvalue weighted by Crippen LogP contribution is -2.33. The van der Waals surface area contributed by atoms with Crippen LogP contribution >= 0.6 is 11.6 Å². The highest BCUT2D eigenvalue weighted by Crippen LogP contribution is 2.34. The Morgan fingerprint density at radius 2 is 2.00 bits per heavy atom. The highest BCUT2D eigenvalue weighted by Gasteiger charge is 2.38. The Morgan fingerprint density at radius 1 is 1.22 bits per heavy atom. The number of halogens is 1. The summed E-state index contributed by atoms with van der Waals surface area (Å²) < 4.78 is 5.39. The van der Waals surface area contributed by atoms with Gasteiger partial charge in [0, 0.05) is 11.6 Å². The highest BCUT2D eigenvalue weighted by molar-refractivity contribution is 6.30. The topological polar surface area (TPSA) is 49.8 Å². The molecule has 3 rings (SSSR count). The standard InChI is InChI=1S/C18H18ClNO3/c19-15-8-4-7-14(11-15)17-16(21)9-10-20(17)18(22)23-12-13-5-2-1-3-6-13/h1-8,11,16-17,21H,9-10,12H2/t16-,17?/m0/s1. The van der Waals surface area contributed by atoms with Gasteiger partial charge in [0.2, 0.25) is 0 Å². The van der Waals surface area contributed by atoms with Gasteiger partial charge in [-0.25, -0.2) is 4.79 Å². The van der Waals surface area contributed by atoms with Gasteiger partial charge >= 0.3 is 6.09 Å². The molecule has 2 aromatic rings. The Balaban J connectivity index is 1.71. The number of carbonyl (C=O) groups is 1. The molecule has 0 aliphatic carbocycles. The number of hydrogen-bond donors (Lipinski definition) is 1. The van der Waals surface area contributed by atoms with Crippen LogP contribution < -0.4 is 0 Å². The number of hydrogen-bond acceptors (Lipinski definition) is 3. The summed E-state index contributed by atoms with van der Waals surface area (Å²) in [4.78, 5) is 14.0. The molecule has 1 fully saturated rings. The van der Waals surface area contributed by atoms with Crippen molar-refractivity contribution in [3.63, 3.8) is 0 Å². The van der Waals surface area contributed by atoms with Crippen molar-refractivity contribution in [2.24, 2.45) is 0 Å². The van der Waals surface area contributed by atoms with Crippen LogP contribution in [0.4, 0.5) is 4.79 Å². The van der Waals surface area contributed by atoms with Gasteiger partial charge in [0.25, 0.3) is 0 Å². The second-order valence-electron chi connectivity index (χ2n) is 5.59. The Kier molecular flexibility index (Phi) is 4.84. The number of carbonyl (C=O) groups excluding carboxylic acids is 1. The van der Waals surface area contributed by atoms with Gasteiger partial charge in [-0.2, -0.15) is 0 Å². The molecule has 1 aliphatic rings. The summed E-state index contributed by atoms with van der Waals surface area (Å²) in [6.07, 6.45) is -0.509. The van der Waals surface area contributed by atoms with E-state index in [-0.39, 0.29) is 6.61 Å². The van der Waals surface area contributed by atoms with Crippen molar-refractivity contribution in [3.8, 4) is 0 Å². The molecule has 4 nitrogen and oxygen atoms in total. The first-order valence-corrected chi connectivity index (χ1v) is 7.94. The van der Waals surface area contributed by atoms with Crippen LogP contribution in [-0.4, -0.2) is 28.7 Å². The number of likely N-dealkylation sites (tertiary alicyclic amines) is 1. The Labute approximate surface area is 140 Å². The molecule has 2 atom stereocenters. The molecule has 0 spiro atoms. The molecule has 1 unspecified atom stereocenters. The van der Waals surface area contributed by atoms with Gasteiger partial charge in [0.15, 0.2) is 0 Å². The summed E-state index contributed by atoms with van der Waals surface area (Å²) >= 11 is 6.02. The Hall–Kier alpha value is -2.04. The molecule has 120 valence electrons. The molecule has 5 heteroatoms. The lowest BCUT2D eigenvalue weighted by Gasteiger charge is -2.26. The largest absolute Gasteiger partial charge is 0.445 e. The van der Waals surface area contributed by atoms with Crippen LogP contribution in [0.5, 0.6) is 0 Å². The molecule has 1 N–H and O–H groups in total. The maximum atomic E-state index is 12.4. The van der Waals surface area contributed by atoms with Crippen molar-refractivity contribution < 1.29 is 14.6 Å². The van der Waals surface area contributed by atoms with Crippen LogP contribution in [0.2, 0.25) is 5.02 Å². The van der Waals surface area contributed by atoms with Crippen LogP contribution in [0, 0.1) is 0 Å². The zero-order valence-electron chi connectivity index (χ0n) is 12.6. The van der Waals surface area contributed by atoms with Crippen molar-refractivity contribution in [1.82, 2.24) is 4.90 Å². The van der Waals surface area contributed by atoms with Crippen molar-refractivity contribution >= 4 is 17.7 Å². The average molecular weight is 332 g/mol. The van der Waals surface area contributed by atoms with E-state index in [1.54, 1.807) is 17.0 Å². The van der Waals surface area contributed by atoms with Crippen LogP contribution in [0.15, 0.2) is 54.6 Å². The lowest BCUT2D eigenvalue weighted by atomic mass is 10.0. The van der Waals surface area contributed by atoms with Gasteiger partial charge in [0.05, 0.1) is 12.1 Å². The maximum absolute atomic E-state index is 12.4. The van der Waals surface area contributed by atoms with E-state index in [1.807, 2.05) is 42.5 Å². The Bertz CT molecular complexity index is 677. The molecule has 1 amide bonds. The molecule has 1 aliphatic heterocycles. The fourth-order valence-electron chi connectivity index (χ4n) is 2.88. The third-order valence-corrected chi connectivity index (χ3v) is 4.23. The normalized spacial score (nSPS) is 20.5. The van der Waals surface area contributed by atoms with Gasteiger partial charge < -0.3 is 9.84 Å². The first-order valence-electron chi connectivity index (χ1n) is 7.56. The summed E-state index contributed by atoms with van der Waals surface area (Å²) in [5.41, 5.74) is 1.75. The average Bonchev–Trinajstić information content (AvgIpc) is 2.95. The van der Waals surface area contributed by atoms with Crippen LogP contribution in [0.3, 0.4) is 0 Å². The van der Waals surface area contributed by atoms with Crippen LogP contribution in [0.1, 0.15) is 23.6 Å². The minimum Gasteiger partial charge on any atom is -0.445 e. The van der Waals surface area contributed by atoms with E-state index in [0.717, 1.165) is 11.1 Å². The summed E-state index contributed by atoms with van der Waals surface area (Å²) in [7, 11) is 0. The fraction of sp³-hybridized carbons (Fsp3) is 0.278. The smallest absolute Gasteiger partial charge is 0.410 e. The maximum Gasteiger partial charge on any atom is 0.410 e. The van der Waals surface area contributed by atoms with Gasteiger partial charge in [-0.15, -0.1) is 0 Å². The van der Waals surface area contributed by atoms with Gasteiger partial charge in [-0.1, -0.05) is 54.1 Å². The molecule has 1 saturated heterocycles. The van der Waals surface area contributed by atoms with E-state index in [9.17, 15) is 9.90 Å². The fourth-order valence-corrected chi connectivity index (χ4v) is 3.07. The zero-order chi connectivity index (χ0) is 16.2. The molecule has 0 saturated carbocycles. The predicted molar refractivity (Wildman–Crippen MR) is 88.1 cm³/mol.